The lowest BCUT2D eigenvalue weighted by Crippen LogP contribution is -2.51. The molecular weight excluding hydrogens is 294 g/mol. The second kappa shape index (κ2) is 6.77. The van der Waals surface area contributed by atoms with E-state index in [0.717, 1.165) is 25.2 Å². The van der Waals surface area contributed by atoms with Gasteiger partial charge in [0.1, 0.15) is 0 Å². The molecule has 0 unspecified atom stereocenters. The van der Waals surface area contributed by atoms with Crippen molar-refractivity contribution >= 4 is 27.3 Å². The highest BCUT2D eigenvalue weighted by atomic mass is 32.1. The largest absolute Gasteiger partial charge is 0.352 e. The van der Waals surface area contributed by atoms with Crippen molar-refractivity contribution in [2.24, 2.45) is 0 Å². The zero-order valence-electron chi connectivity index (χ0n) is 13.2. The third-order valence-corrected chi connectivity index (χ3v) is 5.31. The summed E-state index contributed by atoms with van der Waals surface area (Å²) in [6, 6.07) is 8.83. The maximum Gasteiger partial charge on any atom is 0.221 e. The van der Waals surface area contributed by atoms with Crippen LogP contribution >= 0.6 is 11.3 Å². The van der Waals surface area contributed by atoms with E-state index >= 15 is 0 Å². The van der Waals surface area contributed by atoms with E-state index in [4.69, 9.17) is 0 Å². The molecule has 1 N–H and O–H groups in total. The van der Waals surface area contributed by atoms with Gasteiger partial charge in [0.2, 0.25) is 5.91 Å². The Morgan fingerprint density at radius 3 is 3.05 bits per heavy atom. The molecule has 3 rings (SSSR count). The summed E-state index contributed by atoms with van der Waals surface area (Å²) in [5, 5.41) is 6.41. The summed E-state index contributed by atoms with van der Waals surface area (Å²) in [6.07, 6.45) is 0.571. The molecule has 118 valence electrons. The van der Waals surface area contributed by atoms with Crippen LogP contribution in [-0.4, -0.2) is 55.5 Å². The lowest BCUT2D eigenvalue weighted by atomic mass is 10.1. The van der Waals surface area contributed by atoms with Crippen LogP contribution in [0.4, 0.5) is 0 Å². The fourth-order valence-electron chi connectivity index (χ4n) is 2.93. The van der Waals surface area contributed by atoms with Crippen LogP contribution in [-0.2, 0) is 11.3 Å². The molecular formula is C17H23N3OS. The average Bonchev–Trinajstić information content (AvgIpc) is 2.96. The molecule has 0 radical (unpaired) electrons. The highest BCUT2D eigenvalue weighted by Gasteiger charge is 2.24. The van der Waals surface area contributed by atoms with Gasteiger partial charge in [-0.2, -0.15) is 0 Å². The van der Waals surface area contributed by atoms with E-state index in [2.05, 4.69) is 58.9 Å². The molecule has 4 nitrogen and oxygen atoms in total. The van der Waals surface area contributed by atoms with E-state index in [0.29, 0.717) is 19.0 Å². The number of fused-ring (bicyclic) bond motifs is 1. The standard InChI is InChI=1S/C17H23N3OS/c1-19-6-7-20(2)15(12-19)10-17(21)18-11-13-3-4-16-14(9-13)5-8-22-16/h3-5,8-9,15H,6-7,10-12H2,1-2H3,(H,18,21)/t15-/m1/s1. The van der Waals surface area contributed by atoms with E-state index < -0.39 is 0 Å². The van der Waals surface area contributed by atoms with Crippen LogP contribution in [0.3, 0.4) is 0 Å². The van der Waals surface area contributed by atoms with Gasteiger partial charge in [-0.05, 0) is 48.6 Å². The van der Waals surface area contributed by atoms with Crippen LogP contribution in [0, 0.1) is 0 Å². The second-order valence-electron chi connectivity index (χ2n) is 6.17. The van der Waals surface area contributed by atoms with Crippen LogP contribution in [0.5, 0.6) is 0 Å². The van der Waals surface area contributed by atoms with E-state index in [9.17, 15) is 4.79 Å². The monoisotopic (exact) mass is 317 g/mol. The predicted molar refractivity (Wildman–Crippen MR) is 92.2 cm³/mol. The number of hydrogen-bond acceptors (Lipinski definition) is 4. The fraction of sp³-hybridized carbons (Fsp3) is 0.471. The number of thiophene rings is 1. The van der Waals surface area contributed by atoms with Crippen molar-refractivity contribution < 1.29 is 4.79 Å². The molecule has 1 aliphatic heterocycles. The average molecular weight is 317 g/mol. The van der Waals surface area contributed by atoms with Gasteiger partial charge in [0, 0.05) is 43.3 Å². The molecule has 1 fully saturated rings. The van der Waals surface area contributed by atoms with Gasteiger partial charge in [-0.25, -0.2) is 0 Å². The van der Waals surface area contributed by atoms with Crippen molar-refractivity contribution in [3.63, 3.8) is 0 Å². The fourth-order valence-corrected chi connectivity index (χ4v) is 3.71. The molecule has 0 spiro atoms. The first-order chi connectivity index (χ1) is 10.6. The summed E-state index contributed by atoms with van der Waals surface area (Å²) in [4.78, 5) is 16.8. The van der Waals surface area contributed by atoms with E-state index in [1.807, 2.05) is 0 Å². The van der Waals surface area contributed by atoms with Crippen molar-refractivity contribution in [3.8, 4) is 0 Å². The number of carbonyl (C=O) groups is 1. The summed E-state index contributed by atoms with van der Waals surface area (Å²) < 4.78 is 1.29. The van der Waals surface area contributed by atoms with Crippen molar-refractivity contribution in [3.05, 3.63) is 35.2 Å². The quantitative estimate of drug-likeness (QED) is 0.938. The summed E-state index contributed by atoms with van der Waals surface area (Å²) in [6.45, 7) is 3.68. The van der Waals surface area contributed by atoms with Gasteiger partial charge in [0.15, 0.2) is 0 Å². The topological polar surface area (TPSA) is 35.6 Å². The Labute approximate surface area is 135 Å². The van der Waals surface area contributed by atoms with E-state index in [1.165, 1.54) is 10.1 Å². The maximum atomic E-state index is 12.2. The molecule has 0 saturated carbocycles. The van der Waals surface area contributed by atoms with Crippen molar-refractivity contribution in [1.29, 1.82) is 0 Å². The van der Waals surface area contributed by atoms with Crippen LogP contribution in [0.1, 0.15) is 12.0 Å². The number of nitrogens with zero attached hydrogens (tertiary/aromatic N) is 2. The van der Waals surface area contributed by atoms with Crippen LogP contribution in [0.15, 0.2) is 29.6 Å². The van der Waals surface area contributed by atoms with Crippen LogP contribution in [0.25, 0.3) is 10.1 Å². The minimum Gasteiger partial charge on any atom is -0.352 e. The molecule has 1 aliphatic rings. The highest BCUT2D eigenvalue weighted by molar-refractivity contribution is 7.17. The molecule has 1 atom stereocenters. The van der Waals surface area contributed by atoms with Crippen molar-refractivity contribution in [2.45, 2.75) is 19.0 Å². The van der Waals surface area contributed by atoms with Gasteiger partial charge in [-0.1, -0.05) is 6.07 Å². The molecule has 1 aromatic carbocycles. The molecule has 1 aromatic heterocycles. The van der Waals surface area contributed by atoms with Gasteiger partial charge in [0.05, 0.1) is 0 Å². The van der Waals surface area contributed by atoms with Gasteiger partial charge in [-0.3, -0.25) is 4.79 Å². The Morgan fingerprint density at radius 2 is 2.18 bits per heavy atom. The maximum absolute atomic E-state index is 12.2. The summed E-state index contributed by atoms with van der Waals surface area (Å²) in [5.74, 6) is 0.137. The molecule has 0 bridgehead atoms. The molecule has 5 heteroatoms. The molecule has 22 heavy (non-hydrogen) atoms. The van der Waals surface area contributed by atoms with Gasteiger partial charge >= 0.3 is 0 Å². The first-order valence-electron chi connectivity index (χ1n) is 7.73. The van der Waals surface area contributed by atoms with E-state index in [1.54, 1.807) is 11.3 Å². The number of benzene rings is 1. The van der Waals surface area contributed by atoms with Gasteiger partial charge in [-0.15, -0.1) is 11.3 Å². The summed E-state index contributed by atoms with van der Waals surface area (Å²) >= 11 is 1.75. The van der Waals surface area contributed by atoms with Gasteiger partial charge in [0.25, 0.3) is 0 Å². The minimum absolute atomic E-state index is 0.137. The number of amides is 1. The Bertz CT molecular complexity index is 654. The zero-order valence-corrected chi connectivity index (χ0v) is 14.0. The predicted octanol–water partition coefficient (Wildman–Crippen LogP) is 2.15. The lowest BCUT2D eigenvalue weighted by molar-refractivity contribution is -0.122. The molecule has 1 amide bonds. The summed E-state index contributed by atoms with van der Waals surface area (Å²) in [7, 11) is 4.23. The number of hydrogen-bond donors (Lipinski definition) is 1. The van der Waals surface area contributed by atoms with Crippen molar-refractivity contribution in [2.75, 3.05) is 33.7 Å². The zero-order chi connectivity index (χ0) is 15.5. The normalized spacial score (nSPS) is 20.4. The van der Waals surface area contributed by atoms with Gasteiger partial charge < -0.3 is 15.1 Å². The number of piperazine rings is 1. The SMILES string of the molecule is CN1CCN(C)[C@H](CC(=O)NCc2ccc3sccc3c2)C1. The number of likely N-dealkylation sites (N-methyl/N-ethyl adjacent to an activating group) is 2. The number of carbonyl (C=O) groups excluding carboxylic acids is 1. The highest BCUT2D eigenvalue weighted by Crippen LogP contribution is 2.21. The third-order valence-electron chi connectivity index (χ3n) is 4.41. The molecule has 1 saturated heterocycles. The Kier molecular flexibility index (Phi) is 4.76. The summed E-state index contributed by atoms with van der Waals surface area (Å²) in [5.41, 5.74) is 1.16. The Balaban J connectivity index is 1.53. The number of rotatable bonds is 4. The first kappa shape index (κ1) is 15.5. The lowest BCUT2D eigenvalue weighted by Gasteiger charge is -2.37. The minimum atomic E-state index is 0.137. The Hall–Kier alpha value is -1.43. The Morgan fingerprint density at radius 1 is 1.32 bits per heavy atom. The first-order valence-corrected chi connectivity index (χ1v) is 8.61. The molecule has 2 aromatic rings. The van der Waals surface area contributed by atoms with Crippen LogP contribution in [0.2, 0.25) is 0 Å². The van der Waals surface area contributed by atoms with Crippen molar-refractivity contribution in [1.82, 2.24) is 15.1 Å². The molecule has 2 heterocycles. The second-order valence-corrected chi connectivity index (χ2v) is 7.12. The molecule has 0 aliphatic carbocycles. The smallest absolute Gasteiger partial charge is 0.221 e. The number of nitrogens with one attached hydrogen (secondary N) is 1. The van der Waals surface area contributed by atoms with E-state index in [-0.39, 0.29) is 5.91 Å². The van der Waals surface area contributed by atoms with Crippen LogP contribution < -0.4 is 5.32 Å². The third kappa shape index (κ3) is 3.66.